The summed E-state index contributed by atoms with van der Waals surface area (Å²) in [5, 5.41) is 2.05. The zero-order valence-electron chi connectivity index (χ0n) is 10.8. The number of hydrazine groups is 1. The van der Waals surface area contributed by atoms with E-state index >= 15 is 0 Å². The first kappa shape index (κ1) is 12.5. The summed E-state index contributed by atoms with van der Waals surface area (Å²) >= 11 is 0. The molecule has 0 spiro atoms. The van der Waals surface area contributed by atoms with Crippen LogP contribution in [0.1, 0.15) is 6.42 Å². The van der Waals surface area contributed by atoms with Gasteiger partial charge in [0.2, 0.25) is 5.91 Å². The fourth-order valence-corrected chi connectivity index (χ4v) is 2.13. The molecule has 0 saturated carbocycles. The van der Waals surface area contributed by atoms with Gasteiger partial charge in [-0.05, 0) is 24.3 Å². The number of amides is 1. The smallest absolute Gasteiger partial charge is 0.237 e. The molecular weight excluding hydrogens is 256 g/mol. The number of para-hydroxylation sites is 1. The highest BCUT2D eigenvalue weighted by Crippen LogP contribution is 2.31. The largest absolute Gasteiger partial charge is 0.493 e. The van der Waals surface area contributed by atoms with E-state index in [1.807, 2.05) is 42.5 Å². The van der Waals surface area contributed by atoms with Gasteiger partial charge in [-0.15, -0.1) is 0 Å². The molecule has 2 aromatic carbocycles. The average molecular weight is 270 g/mol. The molecule has 3 N–H and O–H groups in total. The molecule has 1 aromatic heterocycles. The van der Waals surface area contributed by atoms with Crippen molar-refractivity contribution in [1.29, 1.82) is 0 Å². The molecule has 0 fully saturated rings. The van der Waals surface area contributed by atoms with E-state index in [-0.39, 0.29) is 18.9 Å². The van der Waals surface area contributed by atoms with Crippen molar-refractivity contribution in [3.8, 4) is 5.75 Å². The maximum absolute atomic E-state index is 11.0. The Labute approximate surface area is 115 Å². The summed E-state index contributed by atoms with van der Waals surface area (Å²) < 4.78 is 11.3. The van der Waals surface area contributed by atoms with Gasteiger partial charge in [-0.1, -0.05) is 18.2 Å². The summed E-state index contributed by atoms with van der Waals surface area (Å²) in [4.78, 5) is 11.0. The Kier molecular flexibility index (Phi) is 3.26. The van der Waals surface area contributed by atoms with Crippen molar-refractivity contribution < 1.29 is 13.9 Å². The van der Waals surface area contributed by atoms with Crippen LogP contribution in [0.2, 0.25) is 0 Å². The van der Waals surface area contributed by atoms with Gasteiger partial charge in [0.25, 0.3) is 0 Å². The molecule has 102 valence electrons. The van der Waals surface area contributed by atoms with Crippen molar-refractivity contribution in [3.63, 3.8) is 0 Å². The molecule has 20 heavy (non-hydrogen) atoms. The molecule has 0 bridgehead atoms. The van der Waals surface area contributed by atoms with Crippen LogP contribution in [0.15, 0.2) is 46.9 Å². The monoisotopic (exact) mass is 270 g/mol. The molecule has 1 heterocycles. The fourth-order valence-electron chi connectivity index (χ4n) is 2.13. The summed E-state index contributed by atoms with van der Waals surface area (Å²) in [5.41, 5.74) is 3.73. The van der Waals surface area contributed by atoms with E-state index in [1.54, 1.807) is 0 Å². The van der Waals surface area contributed by atoms with Gasteiger partial charge in [-0.2, -0.15) is 0 Å². The second kappa shape index (κ2) is 5.22. The number of ether oxygens (including phenoxy) is 1. The number of hydrogen-bond donors (Lipinski definition) is 2. The third-order valence-electron chi connectivity index (χ3n) is 3.11. The van der Waals surface area contributed by atoms with Crippen molar-refractivity contribution in [2.45, 2.75) is 6.42 Å². The Morgan fingerprint density at radius 3 is 2.80 bits per heavy atom. The first-order valence-corrected chi connectivity index (χ1v) is 6.31. The summed E-state index contributed by atoms with van der Waals surface area (Å²) in [6.07, 6.45) is 0.223. The number of furan rings is 1. The van der Waals surface area contributed by atoms with Crippen molar-refractivity contribution in [3.05, 3.63) is 42.5 Å². The zero-order chi connectivity index (χ0) is 13.9. The van der Waals surface area contributed by atoms with Gasteiger partial charge in [-0.25, -0.2) is 5.84 Å². The Hall–Kier alpha value is -2.53. The van der Waals surface area contributed by atoms with Gasteiger partial charge in [0.15, 0.2) is 0 Å². The van der Waals surface area contributed by atoms with E-state index in [2.05, 4.69) is 5.43 Å². The van der Waals surface area contributed by atoms with Crippen molar-refractivity contribution in [2.75, 3.05) is 6.61 Å². The molecule has 1 amide bonds. The summed E-state index contributed by atoms with van der Waals surface area (Å²) in [7, 11) is 0. The third-order valence-corrected chi connectivity index (χ3v) is 3.11. The molecule has 0 aliphatic carbocycles. The molecule has 0 aliphatic heterocycles. The average Bonchev–Trinajstić information content (AvgIpc) is 2.85. The minimum atomic E-state index is -0.250. The fraction of sp³-hybridized carbons (Fsp3) is 0.133. The number of carbonyl (C=O) groups excluding carboxylic acids is 1. The minimum Gasteiger partial charge on any atom is -0.493 e. The van der Waals surface area contributed by atoms with E-state index < -0.39 is 0 Å². The summed E-state index contributed by atoms with van der Waals surface area (Å²) in [6.45, 7) is 0.282. The normalized spacial score (nSPS) is 10.8. The van der Waals surface area contributed by atoms with Gasteiger partial charge in [0.1, 0.15) is 16.9 Å². The number of fused-ring (bicyclic) bond motifs is 3. The number of rotatable bonds is 4. The van der Waals surface area contributed by atoms with Crippen LogP contribution in [-0.2, 0) is 4.79 Å². The highest BCUT2D eigenvalue weighted by atomic mass is 16.5. The molecule has 3 aromatic rings. The Balaban J connectivity index is 1.86. The number of benzene rings is 2. The molecule has 0 radical (unpaired) electrons. The number of nitrogens with one attached hydrogen (secondary N) is 1. The van der Waals surface area contributed by atoms with Gasteiger partial charge in [0, 0.05) is 10.8 Å². The van der Waals surface area contributed by atoms with Crippen LogP contribution < -0.4 is 16.0 Å². The highest BCUT2D eigenvalue weighted by molar-refractivity contribution is 6.05. The van der Waals surface area contributed by atoms with Gasteiger partial charge >= 0.3 is 0 Å². The van der Waals surface area contributed by atoms with Crippen molar-refractivity contribution in [1.82, 2.24) is 5.43 Å². The molecule has 3 rings (SSSR count). The predicted octanol–water partition coefficient (Wildman–Crippen LogP) is 2.34. The Morgan fingerprint density at radius 2 is 1.95 bits per heavy atom. The van der Waals surface area contributed by atoms with E-state index in [9.17, 15) is 4.79 Å². The third kappa shape index (κ3) is 2.31. The molecule has 0 aliphatic rings. The molecule has 5 nitrogen and oxygen atoms in total. The van der Waals surface area contributed by atoms with E-state index in [4.69, 9.17) is 15.0 Å². The Morgan fingerprint density at radius 1 is 1.15 bits per heavy atom. The second-order valence-corrected chi connectivity index (χ2v) is 4.42. The molecule has 0 saturated heterocycles. The van der Waals surface area contributed by atoms with Gasteiger partial charge in [-0.3, -0.25) is 10.2 Å². The summed E-state index contributed by atoms with van der Waals surface area (Å²) in [6, 6.07) is 13.5. The minimum absolute atomic E-state index is 0.223. The van der Waals surface area contributed by atoms with Crippen LogP contribution in [0.5, 0.6) is 5.75 Å². The van der Waals surface area contributed by atoms with Crippen LogP contribution >= 0.6 is 0 Å². The molecule has 0 unspecified atom stereocenters. The van der Waals surface area contributed by atoms with Crippen LogP contribution in [-0.4, -0.2) is 12.5 Å². The first-order valence-electron chi connectivity index (χ1n) is 6.31. The van der Waals surface area contributed by atoms with E-state index in [0.717, 1.165) is 21.9 Å². The number of hydrogen-bond acceptors (Lipinski definition) is 4. The quantitative estimate of drug-likeness (QED) is 0.433. The van der Waals surface area contributed by atoms with Gasteiger partial charge in [0.05, 0.1) is 13.0 Å². The Bertz CT molecular complexity index is 764. The number of nitrogens with two attached hydrogens (primary N) is 1. The first-order chi connectivity index (χ1) is 9.78. The summed E-state index contributed by atoms with van der Waals surface area (Å²) in [5.74, 6) is 5.46. The lowest BCUT2D eigenvalue weighted by Crippen LogP contribution is -2.31. The maximum atomic E-state index is 11.0. The molecule has 0 atom stereocenters. The molecule has 5 heteroatoms. The predicted molar refractivity (Wildman–Crippen MR) is 76.2 cm³/mol. The number of carbonyl (C=O) groups is 1. The maximum Gasteiger partial charge on any atom is 0.237 e. The standard InChI is InChI=1S/C15H14N2O3/c16-17-15(18)7-8-19-10-5-6-14-12(9-10)11-3-1-2-4-13(11)20-14/h1-6,9H,7-8,16H2,(H,17,18). The van der Waals surface area contributed by atoms with Gasteiger partial charge < -0.3 is 9.15 Å². The highest BCUT2D eigenvalue weighted by Gasteiger charge is 2.07. The van der Waals surface area contributed by atoms with Crippen LogP contribution in [0, 0.1) is 0 Å². The lowest BCUT2D eigenvalue weighted by atomic mass is 10.1. The van der Waals surface area contributed by atoms with Crippen molar-refractivity contribution >= 4 is 27.8 Å². The van der Waals surface area contributed by atoms with Crippen molar-refractivity contribution in [2.24, 2.45) is 5.84 Å². The SMILES string of the molecule is NNC(=O)CCOc1ccc2oc3ccccc3c2c1. The van der Waals surface area contributed by atoms with Crippen LogP contribution in [0.3, 0.4) is 0 Å². The second-order valence-electron chi connectivity index (χ2n) is 4.42. The topological polar surface area (TPSA) is 77.5 Å². The lowest BCUT2D eigenvalue weighted by Gasteiger charge is -2.05. The van der Waals surface area contributed by atoms with E-state index in [0.29, 0.717) is 5.75 Å². The molecular formula is C15H14N2O3. The van der Waals surface area contributed by atoms with Crippen LogP contribution in [0.4, 0.5) is 0 Å². The lowest BCUT2D eigenvalue weighted by molar-refractivity contribution is -0.121. The van der Waals surface area contributed by atoms with Crippen LogP contribution in [0.25, 0.3) is 21.9 Å². The van der Waals surface area contributed by atoms with E-state index in [1.165, 1.54) is 0 Å². The zero-order valence-corrected chi connectivity index (χ0v) is 10.8.